The molecule has 1 saturated carbocycles. The van der Waals surface area contributed by atoms with E-state index in [0.29, 0.717) is 18.4 Å². The molecule has 1 aromatic carbocycles. The van der Waals surface area contributed by atoms with E-state index in [9.17, 15) is 14.3 Å². The van der Waals surface area contributed by atoms with Gasteiger partial charge in [0.2, 0.25) is 6.08 Å². The standard InChI is InChI=1S/C13H13ClFNO2/c1-8-10(15)6-9(14)12(18)11(8)13(16-7-17)4-2-3-5-13/h6,18H,2-5H2,1H3. The van der Waals surface area contributed by atoms with Crippen molar-refractivity contribution in [2.75, 3.05) is 0 Å². The first kappa shape index (κ1) is 13.1. The predicted octanol–water partition coefficient (Wildman–Crippen LogP) is 3.60. The van der Waals surface area contributed by atoms with Crippen molar-refractivity contribution in [3.63, 3.8) is 0 Å². The second-order valence-corrected chi connectivity index (χ2v) is 5.04. The topological polar surface area (TPSA) is 49.7 Å². The van der Waals surface area contributed by atoms with Gasteiger partial charge in [-0.05, 0) is 31.4 Å². The van der Waals surface area contributed by atoms with Gasteiger partial charge in [-0.1, -0.05) is 24.4 Å². The Balaban J connectivity index is 2.72. The van der Waals surface area contributed by atoms with Crippen LogP contribution in [0.5, 0.6) is 5.75 Å². The van der Waals surface area contributed by atoms with Crippen LogP contribution >= 0.6 is 11.6 Å². The Labute approximate surface area is 109 Å². The Morgan fingerprint density at radius 2 is 2.11 bits per heavy atom. The van der Waals surface area contributed by atoms with Gasteiger partial charge in [-0.3, -0.25) is 0 Å². The third kappa shape index (κ3) is 1.92. The van der Waals surface area contributed by atoms with Gasteiger partial charge in [0.05, 0.1) is 5.02 Å². The lowest BCUT2D eigenvalue weighted by molar-refractivity contribution is 0.402. The number of aromatic hydroxyl groups is 1. The fourth-order valence-corrected chi connectivity index (χ4v) is 2.93. The molecule has 3 nitrogen and oxygen atoms in total. The Kier molecular flexibility index (Phi) is 3.42. The molecular formula is C13H13ClFNO2. The molecule has 0 aliphatic heterocycles. The van der Waals surface area contributed by atoms with Gasteiger partial charge in [0, 0.05) is 5.56 Å². The average Bonchev–Trinajstić information content (AvgIpc) is 2.77. The van der Waals surface area contributed by atoms with E-state index in [1.54, 1.807) is 13.0 Å². The molecule has 18 heavy (non-hydrogen) atoms. The smallest absolute Gasteiger partial charge is 0.235 e. The summed E-state index contributed by atoms with van der Waals surface area (Å²) in [5.74, 6) is -0.684. The molecule has 1 N–H and O–H groups in total. The van der Waals surface area contributed by atoms with Crippen LogP contribution in [-0.4, -0.2) is 11.2 Å². The maximum atomic E-state index is 13.7. The third-order valence-corrected chi connectivity index (χ3v) is 3.89. The van der Waals surface area contributed by atoms with Crippen molar-refractivity contribution in [2.45, 2.75) is 38.1 Å². The predicted molar refractivity (Wildman–Crippen MR) is 66.1 cm³/mol. The quantitative estimate of drug-likeness (QED) is 0.659. The molecular weight excluding hydrogens is 257 g/mol. The van der Waals surface area contributed by atoms with Crippen molar-refractivity contribution in [3.05, 3.63) is 28.0 Å². The maximum Gasteiger partial charge on any atom is 0.235 e. The zero-order valence-corrected chi connectivity index (χ0v) is 10.7. The van der Waals surface area contributed by atoms with E-state index >= 15 is 0 Å². The van der Waals surface area contributed by atoms with E-state index in [1.807, 2.05) is 0 Å². The molecule has 0 amide bonds. The monoisotopic (exact) mass is 269 g/mol. The van der Waals surface area contributed by atoms with Crippen molar-refractivity contribution >= 4 is 17.7 Å². The summed E-state index contributed by atoms with van der Waals surface area (Å²) < 4.78 is 13.7. The lowest BCUT2D eigenvalue weighted by atomic mass is 9.85. The molecule has 0 spiro atoms. The molecule has 1 aliphatic carbocycles. The van der Waals surface area contributed by atoms with Crippen LogP contribution in [0.2, 0.25) is 5.02 Å². The van der Waals surface area contributed by atoms with E-state index in [4.69, 9.17) is 11.6 Å². The highest BCUT2D eigenvalue weighted by atomic mass is 35.5. The second-order valence-electron chi connectivity index (χ2n) is 4.63. The van der Waals surface area contributed by atoms with Gasteiger partial charge in [0.1, 0.15) is 17.1 Å². The molecule has 0 unspecified atom stereocenters. The van der Waals surface area contributed by atoms with Crippen molar-refractivity contribution in [3.8, 4) is 5.75 Å². The fraction of sp³-hybridized carbons (Fsp3) is 0.462. The Hall–Kier alpha value is -1.38. The highest BCUT2D eigenvalue weighted by molar-refractivity contribution is 6.32. The Morgan fingerprint density at radius 1 is 1.50 bits per heavy atom. The molecule has 0 saturated heterocycles. The van der Waals surface area contributed by atoms with Gasteiger partial charge in [0.25, 0.3) is 0 Å². The molecule has 96 valence electrons. The highest BCUT2D eigenvalue weighted by Gasteiger charge is 2.40. The number of rotatable bonds is 2. The first-order valence-corrected chi connectivity index (χ1v) is 6.17. The number of hydrogen-bond acceptors (Lipinski definition) is 3. The zero-order valence-electron chi connectivity index (χ0n) is 9.96. The van der Waals surface area contributed by atoms with Crippen LogP contribution in [0.3, 0.4) is 0 Å². The largest absolute Gasteiger partial charge is 0.506 e. The zero-order chi connectivity index (χ0) is 13.3. The number of halogens is 2. The first-order chi connectivity index (χ1) is 8.52. The number of nitrogens with zero attached hydrogens (tertiary/aromatic N) is 1. The van der Waals surface area contributed by atoms with Crippen molar-refractivity contribution in [1.82, 2.24) is 0 Å². The normalized spacial score (nSPS) is 17.5. The Morgan fingerprint density at radius 3 is 2.67 bits per heavy atom. The van der Waals surface area contributed by atoms with E-state index in [-0.39, 0.29) is 16.3 Å². The summed E-state index contributed by atoms with van der Waals surface area (Å²) in [5.41, 5.74) is -0.257. The van der Waals surface area contributed by atoms with Crippen molar-refractivity contribution in [1.29, 1.82) is 0 Å². The molecule has 1 fully saturated rings. The van der Waals surface area contributed by atoms with Gasteiger partial charge in [0.15, 0.2) is 0 Å². The fourth-order valence-electron chi connectivity index (χ4n) is 2.74. The van der Waals surface area contributed by atoms with Gasteiger partial charge in [-0.15, -0.1) is 0 Å². The number of benzene rings is 1. The van der Waals surface area contributed by atoms with Crippen LogP contribution in [0.15, 0.2) is 11.1 Å². The van der Waals surface area contributed by atoms with Crippen LogP contribution in [0.4, 0.5) is 4.39 Å². The summed E-state index contributed by atoms with van der Waals surface area (Å²) in [6.07, 6.45) is 4.47. The van der Waals surface area contributed by atoms with Gasteiger partial charge in [-0.25, -0.2) is 9.18 Å². The van der Waals surface area contributed by atoms with E-state index in [1.165, 1.54) is 0 Å². The molecule has 1 aliphatic rings. The molecule has 0 heterocycles. The number of isocyanates is 1. The summed E-state index contributed by atoms with van der Waals surface area (Å²) in [6.45, 7) is 1.56. The molecule has 0 radical (unpaired) electrons. The number of phenols is 1. The lowest BCUT2D eigenvalue weighted by Crippen LogP contribution is -2.21. The summed E-state index contributed by atoms with van der Waals surface area (Å²) >= 11 is 5.80. The lowest BCUT2D eigenvalue weighted by Gasteiger charge is -2.26. The summed E-state index contributed by atoms with van der Waals surface area (Å²) in [6, 6.07) is 1.07. The minimum atomic E-state index is -0.873. The number of hydrogen-bond donors (Lipinski definition) is 1. The van der Waals surface area contributed by atoms with Crippen molar-refractivity contribution in [2.24, 2.45) is 4.99 Å². The van der Waals surface area contributed by atoms with E-state index in [2.05, 4.69) is 4.99 Å². The van der Waals surface area contributed by atoms with E-state index < -0.39 is 11.4 Å². The molecule has 1 aromatic rings. The number of aliphatic imine (C=N–C) groups is 1. The van der Waals surface area contributed by atoms with Gasteiger partial charge in [-0.2, -0.15) is 4.99 Å². The van der Waals surface area contributed by atoms with Crippen LogP contribution < -0.4 is 0 Å². The highest BCUT2D eigenvalue weighted by Crippen LogP contribution is 2.49. The average molecular weight is 270 g/mol. The Bertz CT molecular complexity index is 506. The SMILES string of the molecule is Cc1c(F)cc(Cl)c(O)c1C1(N=C=O)CCCC1. The minimum Gasteiger partial charge on any atom is -0.506 e. The van der Waals surface area contributed by atoms with Crippen LogP contribution in [0.25, 0.3) is 0 Å². The summed E-state index contributed by atoms with van der Waals surface area (Å²) in [7, 11) is 0. The maximum absolute atomic E-state index is 13.7. The molecule has 2 rings (SSSR count). The van der Waals surface area contributed by atoms with Crippen LogP contribution in [0.1, 0.15) is 36.8 Å². The first-order valence-electron chi connectivity index (χ1n) is 5.79. The summed E-state index contributed by atoms with van der Waals surface area (Å²) in [5, 5.41) is 10.0. The van der Waals surface area contributed by atoms with Crippen LogP contribution in [-0.2, 0) is 10.3 Å². The third-order valence-electron chi connectivity index (χ3n) is 3.61. The van der Waals surface area contributed by atoms with Gasteiger partial charge >= 0.3 is 0 Å². The molecule has 0 bridgehead atoms. The second kappa shape index (κ2) is 4.71. The molecule has 0 aromatic heterocycles. The van der Waals surface area contributed by atoms with E-state index in [0.717, 1.165) is 18.9 Å². The minimum absolute atomic E-state index is 0.0551. The molecule has 5 heteroatoms. The van der Waals surface area contributed by atoms with Gasteiger partial charge < -0.3 is 5.11 Å². The number of phenolic OH excluding ortho intramolecular Hbond substituents is 1. The van der Waals surface area contributed by atoms with Crippen LogP contribution in [0, 0.1) is 12.7 Å². The number of carbonyl (C=O) groups excluding carboxylic acids is 1. The summed E-state index contributed by atoms with van der Waals surface area (Å²) in [4.78, 5) is 14.5. The molecule has 0 atom stereocenters. The van der Waals surface area contributed by atoms with Crippen molar-refractivity contribution < 1.29 is 14.3 Å².